The number of benzene rings is 2. The van der Waals surface area contributed by atoms with Crippen LogP contribution in [0.4, 0.5) is 0 Å². The van der Waals surface area contributed by atoms with Crippen molar-refractivity contribution in [3.05, 3.63) is 64.1 Å². The van der Waals surface area contributed by atoms with Crippen molar-refractivity contribution in [3.8, 4) is 5.75 Å². The summed E-state index contributed by atoms with van der Waals surface area (Å²) in [4.78, 5) is 26.7. The van der Waals surface area contributed by atoms with Crippen molar-refractivity contribution in [2.24, 2.45) is 5.10 Å². The van der Waals surface area contributed by atoms with E-state index < -0.39 is 0 Å². The van der Waals surface area contributed by atoms with E-state index in [9.17, 15) is 9.59 Å². The van der Waals surface area contributed by atoms with E-state index >= 15 is 0 Å². The van der Waals surface area contributed by atoms with Crippen molar-refractivity contribution in [1.29, 1.82) is 0 Å². The molecule has 7 heteroatoms. The van der Waals surface area contributed by atoms with Gasteiger partial charge in [0.1, 0.15) is 5.75 Å². The van der Waals surface area contributed by atoms with E-state index in [-0.39, 0.29) is 30.5 Å². The van der Waals surface area contributed by atoms with Crippen molar-refractivity contribution in [2.45, 2.75) is 45.2 Å². The monoisotopic (exact) mass is 471 g/mol. The van der Waals surface area contributed by atoms with Crippen LogP contribution in [0, 0.1) is 0 Å². The second-order valence-electron chi connectivity index (χ2n) is 7.49. The van der Waals surface area contributed by atoms with Gasteiger partial charge in [-0.1, -0.05) is 28.1 Å². The number of hydrogen-bond acceptors (Lipinski definition) is 4. The van der Waals surface area contributed by atoms with Crippen molar-refractivity contribution in [2.75, 3.05) is 6.61 Å². The lowest BCUT2D eigenvalue weighted by Gasteiger charge is -2.38. The smallest absolute Gasteiger partial charge is 0.271 e. The number of carbonyl (C=O) groups excluding carboxylic acids is 2. The number of hydrogen-bond donors (Lipinski definition) is 1. The Labute approximate surface area is 185 Å². The molecule has 6 nitrogen and oxygen atoms in total. The Hall–Kier alpha value is -2.67. The molecule has 1 heterocycles. The summed E-state index contributed by atoms with van der Waals surface area (Å²) >= 11 is 3.37. The molecule has 0 aliphatic carbocycles. The number of hydrazone groups is 1. The van der Waals surface area contributed by atoms with Crippen LogP contribution in [0.5, 0.6) is 5.75 Å². The van der Waals surface area contributed by atoms with Crippen molar-refractivity contribution < 1.29 is 14.3 Å². The summed E-state index contributed by atoms with van der Waals surface area (Å²) in [6.45, 7) is 4.16. The summed E-state index contributed by atoms with van der Waals surface area (Å²) in [7, 11) is 0. The molecule has 1 saturated heterocycles. The SMILES string of the molecule is CC1CCCC(C)N1C(=O)COc1ccc(C(=O)NN=Cc2ccc(Br)cc2)cc1. The molecule has 2 aromatic rings. The number of carbonyl (C=O) groups is 2. The first-order valence-corrected chi connectivity index (χ1v) is 10.9. The largest absolute Gasteiger partial charge is 0.484 e. The molecule has 0 aromatic heterocycles. The van der Waals surface area contributed by atoms with Gasteiger partial charge < -0.3 is 9.64 Å². The molecule has 0 spiro atoms. The summed E-state index contributed by atoms with van der Waals surface area (Å²) in [5.74, 6) is 0.233. The quantitative estimate of drug-likeness (QED) is 0.501. The summed E-state index contributed by atoms with van der Waals surface area (Å²) in [5, 5.41) is 3.97. The van der Waals surface area contributed by atoms with Crippen molar-refractivity contribution in [3.63, 3.8) is 0 Å². The molecule has 1 aliphatic rings. The standard InChI is InChI=1S/C23H26BrN3O3/c1-16-4-3-5-17(2)27(16)22(28)15-30-21-12-8-19(9-13-21)23(29)26-25-14-18-6-10-20(24)11-7-18/h6-14,16-17H,3-5,15H2,1-2H3,(H,26,29). The van der Waals surface area contributed by atoms with Gasteiger partial charge in [-0.15, -0.1) is 0 Å². The van der Waals surface area contributed by atoms with Crippen LogP contribution in [-0.2, 0) is 4.79 Å². The molecule has 2 aromatic carbocycles. The van der Waals surface area contributed by atoms with E-state index in [1.54, 1.807) is 30.5 Å². The maximum atomic E-state index is 12.5. The number of nitrogens with zero attached hydrogens (tertiary/aromatic N) is 2. The van der Waals surface area contributed by atoms with Crippen LogP contribution in [0.15, 0.2) is 58.1 Å². The third-order valence-corrected chi connectivity index (χ3v) is 5.74. The Morgan fingerprint density at radius 2 is 1.73 bits per heavy atom. The van der Waals surface area contributed by atoms with Crippen molar-refractivity contribution >= 4 is 34.0 Å². The summed E-state index contributed by atoms with van der Waals surface area (Å²) in [6, 6.07) is 14.7. The molecular weight excluding hydrogens is 446 g/mol. The molecule has 158 valence electrons. The van der Waals surface area contributed by atoms with Gasteiger partial charge in [0.05, 0.1) is 6.21 Å². The Bertz CT molecular complexity index is 887. The fourth-order valence-corrected chi connectivity index (χ4v) is 3.88. The van der Waals surface area contributed by atoms with Crippen LogP contribution >= 0.6 is 15.9 Å². The number of likely N-dealkylation sites (tertiary alicyclic amines) is 1. The maximum absolute atomic E-state index is 12.5. The minimum Gasteiger partial charge on any atom is -0.484 e. The zero-order valence-electron chi connectivity index (χ0n) is 17.2. The van der Waals surface area contributed by atoms with Crippen LogP contribution < -0.4 is 10.2 Å². The van der Waals surface area contributed by atoms with Gasteiger partial charge in [0.15, 0.2) is 6.61 Å². The topological polar surface area (TPSA) is 71.0 Å². The lowest BCUT2D eigenvalue weighted by atomic mass is 9.97. The highest BCUT2D eigenvalue weighted by Gasteiger charge is 2.28. The Morgan fingerprint density at radius 1 is 1.10 bits per heavy atom. The van der Waals surface area contributed by atoms with E-state index in [1.165, 1.54) is 0 Å². The highest BCUT2D eigenvalue weighted by Crippen LogP contribution is 2.23. The first-order valence-electron chi connectivity index (χ1n) is 10.1. The van der Waals surface area contributed by atoms with Gasteiger partial charge in [-0.05, 0) is 75.1 Å². The van der Waals surface area contributed by atoms with E-state index in [0.717, 1.165) is 29.3 Å². The van der Waals surface area contributed by atoms with Gasteiger partial charge >= 0.3 is 0 Å². The highest BCUT2D eigenvalue weighted by atomic mass is 79.9. The van der Waals surface area contributed by atoms with E-state index in [4.69, 9.17) is 4.74 Å². The number of rotatable bonds is 6. The lowest BCUT2D eigenvalue weighted by Crippen LogP contribution is -2.49. The average molecular weight is 472 g/mol. The molecule has 2 unspecified atom stereocenters. The van der Waals surface area contributed by atoms with Gasteiger partial charge in [-0.2, -0.15) is 5.10 Å². The minimum absolute atomic E-state index is 0.00111. The third kappa shape index (κ3) is 5.92. The number of nitrogens with one attached hydrogen (secondary N) is 1. The molecule has 1 fully saturated rings. The average Bonchev–Trinajstić information content (AvgIpc) is 2.74. The van der Waals surface area contributed by atoms with Gasteiger partial charge in [0.2, 0.25) is 0 Å². The Morgan fingerprint density at radius 3 is 2.37 bits per heavy atom. The molecule has 1 aliphatic heterocycles. The first-order chi connectivity index (χ1) is 14.4. The zero-order chi connectivity index (χ0) is 21.5. The van der Waals surface area contributed by atoms with Gasteiger partial charge in [0, 0.05) is 22.1 Å². The maximum Gasteiger partial charge on any atom is 0.271 e. The van der Waals surface area contributed by atoms with Gasteiger partial charge in [0.25, 0.3) is 11.8 Å². The van der Waals surface area contributed by atoms with E-state index in [0.29, 0.717) is 11.3 Å². The molecular formula is C23H26BrN3O3. The van der Waals surface area contributed by atoms with E-state index in [2.05, 4.69) is 40.3 Å². The zero-order valence-corrected chi connectivity index (χ0v) is 18.8. The summed E-state index contributed by atoms with van der Waals surface area (Å²) in [6.07, 6.45) is 4.80. The van der Waals surface area contributed by atoms with Crippen LogP contribution in [0.2, 0.25) is 0 Å². The second-order valence-corrected chi connectivity index (χ2v) is 8.41. The molecule has 2 atom stereocenters. The summed E-state index contributed by atoms with van der Waals surface area (Å²) in [5.41, 5.74) is 3.84. The fraction of sp³-hybridized carbons (Fsp3) is 0.348. The fourth-order valence-electron chi connectivity index (χ4n) is 3.61. The van der Waals surface area contributed by atoms with Crippen LogP contribution in [-0.4, -0.2) is 41.6 Å². The van der Waals surface area contributed by atoms with E-state index in [1.807, 2.05) is 29.2 Å². The predicted molar refractivity (Wildman–Crippen MR) is 121 cm³/mol. The number of amides is 2. The predicted octanol–water partition coefficient (Wildman–Crippen LogP) is 4.38. The van der Waals surface area contributed by atoms with Crippen LogP contribution in [0.25, 0.3) is 0 Å². The van der Waals surface area contributed by atoms with Crippen LogP contribution in [0.1, 0.15) is 49.0 Å². The minimum atomic E-state index is -0.318. The number of piperidine rings is 1. The molecule has 30 heavy (non-hydrogen) atoms. The normalized spacial score (nSPS) is 19.0. The molecule has 3 rings (SSSR count). The molecule has 2 amide bonds. The molecule has 0 saturated carbocycles. The number of halogens is 1. The molecule has 0 bridgehead atoms. The molecule has 1 N–H and O–H groups in total. The summed E-state index contributed by atoms with van der Waals surface area (Å²) < 4.78 is 6.62. The highest BCUT2D eigenvalue weighted by molar-refractivity contribution is 9.10. The van der Waals surface area contributed by atoms with Crippen molar-refractivity contribution in [1.82, 2.24) is 10.3 Å². The lowest BCUT2D eigenvalue weighted by molar-refractivity contribution is -0.139. The first kappa shape index (κ1) is 22.0. The Kier molecular flexibility index (Phi) is 7.63. The number of ether oxygens (including phenoxy) is 1. The Balaban J connectivity index is 1.49. The van der Waals surface area contributed by atoms with Gasteiger partial charge in [-0.3, -0.25) is 9.59 Å². The second kappa shape index (κ2) is 10.4. The molecule has 0 radical (unpaired) electrons. The third-order valence-electron chi connectivity index (χ3n) is 5.21. The van der Waals surface area contributed by atoms with Crippen LogP contribution in [0.3, 0.4) is 0 Å². The van der Waals surface area contributed by atoms with Gasteiger partial charge in [-0.25, -0.2) is 5.43 Å².